The second-order valence-corrected chi connectivity index (χ2v) is 5.11. The van der Waals surface area contributed by atoms with Gasteiger partial charge in [0.05, 0.1) is 6.54 Å². The second-order valence-electron chi connectivity index (χ2n) is 4.04. The van der Waals surface area contributed by atoms with Gasteiger partial charge in [0, 0.05) is 29.0 Å². The first-order chi connectivity index (χ1) is 9.19. The van der Waals surface area contributed by atoms with Crippen LogP contribution in [0.5, 0.6) is 0 Å². The number of rotatable bonds is 6. The summed E-state index contributed by atoms with van der Waals surface area (Å²) in [5.41, 5.74) is 2.14. The van der Waals surface area contributed by atoms with E-state index in [1.165, 1.54) is 5.69 Å². The van der Waals surface area contributed by atoms with Crippen molar-refractivity contribution in [3.05, 3.63) is 48.3 Å². The molecule has 0 aliphatic heterocycles. The van der Waals surface area contributed by atoms with Gasteiger partial charge in [0.25, 0.3) is 5.76 Å². The van der Waals surface area contributed by atoms with Crippen LogP contribution in [0, 0.1) is 0 Å². The second kappa shape index (κ2) is 6.61. The normalized spacial score (nSPS) is 10.9. The third-order valence-corrected chi connectivity index (χ3v) is 3.54. The lowest BCUT2D eigenvalue weighted by Gasteiger charge is -2.09. The quantitative estimate of drug-likeness (QED) is 0.789. The first-order valence-corrected chi connectivity index (χ1v) is 6.99. The maximum atomic E-state index is 12.2. The van der Waals surface area contributed by atoms with Gasteiger partial charge in [0.15, 0.2) is 0 Å². The van der Waals surface area contributed by atoms with Crippen LogP contribution < -0.4 is 5.32 Å². The molecule has 1 aromatic carbocycles. The van der Waals surface area contributed by atoms with Crippen molar-refractivity contribution in [3.63, 3.8) is 0 Å². The van der Waals surface area contributed by atoms with E-state index in [2.05, 4.69) is 22.9 Å². The molecule has 0 spiro atoms. The largest absolute Gasteiger partial charge is 0.379 e. The van der Waals surface area contributed by atoms with Crippen LogP contribution in [-0.4, -0.2) is 10.3 Å². The molecule has 2 rings (SSSR count). The van der Waals surface area contributed by atoms with Crippen molar-refractivity contribution in [3.8, 4) is 0 Å². The first kappa shape index (κ1) is 13.9. The number of hydrogen-bond donors (Lipinski definition) is 1. The lowest BCUT2D eigenvalue weighted by atomic mass is 10.3. The molecule has 0 amide bonds. The summed E-state index contributed by atoms with van der Waals surface area (Å²) in [5, 5.41) is 3.28. The lowest BCUT2D eigenvalue weighted by molar-refractivity contribution is 0.252. The van der Waals surface area contributed by atoms with Crippen LogP contribution in [0.15, 0.2) is 47.5 Å². The number of alkyl halides is 2. The van der Waals surface area contributed by atoms with Gasteiger partial charge in [-0.15, -0.1) is 0 Å². The summed E-state index contributed by atoms with van der Waals surface area (Å²) in [6.07, 6.45) is 2.04. The molecule has 0 saturated heterocycles. The molecule has 2 aromatic rings. The molecule has 0 bridgehead atoms. The van der Waals surface area contributed by atoms with E-state index in [1.807, 2.05) is 24.4 Å². The summed E-state index contributed by atoms with van der Waals surface area (Å²) >= 11 is 0.564. The molecule has 0 aliphatic rings. The van der Waals surface area contributed by atoms with Crippen molar-refractivity contribution in [2.75, 3.05) is 5.32 Å². The minimum Gasteiger partial charge on any atom is -0.379 e. The van der Waals surface area contributed by atoms with Gasteiger partial charge in [-0.25, -0.2) is 0 Å². The number of aromatic nitrogens is 1. The van der Waals surface area contributed by atoms with Crippen molar-refractivity contribution in [2.24, 2.45) is 0 Å². The summed E-state index contributed by atoms with van der Waals surface area (Å²) in [7, 11) is 0. The predicted molar refractivity (Wildman–Crippen MR) is 75.7 cm³/mol. The first-order valence-electron chi connectivity index (χ1n) is 6.12. The topological polar surface area (TPSA) is 17.0 Å². The average Bonchev–Trinajstić information content (AvgIpc) is 2.84. The molecular formula is C14H16F2N2S. The molecular weight excluding hydrogens is 266 g/mol. The van der Waals surface area contributed by atoms with Crippen LogP contribution in [0.25, 0.3) is 0 Å². The van der Waals surface area contributed by atoms with Crippen LogP contribution in [0.4, 0.5) is 14.5 Å². The zero-order chi connectivity index (χ0) is 13.7. The number of halogens is 2. The van der Waals surface area contributed by atoms with Crippen molar-refractivity contribution in [2.45, 2.75) is 30.7 Å². The molecule has 1 heterocycles. The van der Waals surface area contributed by atoms with Crippen LogP contribution >= 0.6 is 11.8 Å². The molecule has 102 valence electrons. The van der Waals surface area contributed by atoms with Crippen molar-refractivity contribution in [1.82, 2.24) is 4.57 Å². The van der Waals surface area contributed by atoms with Crippen LogP contribution in [0.2, 0.25) is 0 Å². The maximum absolute atomic E-state index is 12.2. The molecule has 0 radical (unpaired) electrons. The van der Waals surface area contributed by atoms with Crippen LogP contribution in [-0.2, 0) is 13.1 Å². The van der Waals surface area contributed by atoms with E-state index < -0.39 is 5.76 Å². The number of hydrogen-bond acceptors (Lipinski definition) is 2. The fourth-order valence-corrected chi connectivity index (χ4v) is 2.36. The Kier molecular flexibility index (Phi) is 4.85. The Hall–Kier alpha value is -1.49. The number of thioether (sulfide) groups is 1. The molecule has 0 unspecified atom stereocenters. The zero-order valence-corrected chi connectivity index (χ0v) is 11.5. The molecule has 0 saturated carbocycles. The van der Waals surface area contributed by atoms with Gasteiger partial charge in [-0.2, -0.15) is 8.78 Å². The Morgan fingerprint density at radius 1 is 1.21 bits per heavy atom. The number of anilines is 1. The molecule has 0 atom stereocenters. The average molecular weight is 282 g/mol. The van der Waals surface area contributed by atoms with E-state index in [0.717, 1.165) is 18.8 Å². The van der Waals surface area contributed by atoms with Crippen molar-refractivity contribution >= 4 is 17.4 Å². The maximum Gasteiger partial charge on any atom is 0.288 e. The van der Waals surface area contributed by atoms with Gasteiger partial charge in [-0.1, -0.05) is 11.8 Å². The molecule has 2 nitrogen and oxygen atoms in total. The minimum atomic E-state index is -2.37. The molecule has 0 aliphatic carbocycles. The number of aryl methyl sites for hydroxylation is 1. The van der Waals surface area contributed by atoms with Gasteiger partial charge < -0.3 is 9.88 Å². The molecule has 19 heavy (non-hydrogen) atoms. The number of nitrogens with one attached hydrogen (secondary N) is 1. The number of benzene rings is 1. The third kappa shape index (κ3) is 3.99. The highest BCUT2D eigenvalue weighted by molar-refractivity contribution is 7.99. The lowest BCUT2D eigenvalue weighted by Crippen LogP contribution is -2.05. The Bertz CT molecular complexity index is 508. The molecule has 1 aromatic heterocycles. The molecule has 1 N–H and O–H groups in total. The van der Waals surface area contributed by atoms with E-state index in [9.17, 15) is 8.78 Å². The smallest absolute Gasteiger partial charge is 0.288 e. The summed E-state index contributed by atoms with van der Waals surface area (Å²) in [6, 6.07) is 11.1. The van der Waals surface area contributed by atoms with Crippen LogP contribution in [0.3, 0.4) is 0 Å². The van der Waals surface area contributed by atoms with Crippen molar-refractivity contribution < 1.29 is 8.78 Å². The monoisotopic (exact) mass is 282 g/mol. The fraction of sp³-hybridized carbons (Fsp3) is 0.286. The summed E-state index contributed by atoms with van der Waals surface area (Å²) in [5.74, 6) is -2.37. The van der Waals surface area contributed by atoms with E-state index in [0.29, 0.717) is 16.7 Å². The standard InChI is InChI=1S/C14H16F2N2S/c1-2-18-9-3-4-12(18)10-17-11-5-7-13(8-6-11)19-14(15)16/h3-9,14,17H,2,10H2,1H3. The summed E-state index contributed by atoms with van der Waals surface area (Å²) in [6.45, 7) is 3.76. The number of nitrogens with zero attached hydrogens (tertiary/aromatic N) is 1. The summed E-state index contributed by atoms with van der Waals surface area (Å²) < 4.78 is 26.5. The van der Waals surface area contributed by atoms with E-state index in [4.69, 9.17) is 0 Å². The Balaban J connectivity index is 1.93. The van der Waals surface area contributed by atoms with E-state index in [1.54, 1.807) is 12.1 Å². The van der Waals surface area contributed by atoms with Gasteiger partial charge >= 0.3 is 0 Å². The predicted octanol–water partition coefficient (Wildman–Crippen LogP) is 4.43. The van der Waals surface area contributed by atoms with Gasteiger partial charge in [-0.05, 0) is 43.3 Å². The minimum absolute atomic E-state index is 0.564. The highest BCUT2D eigenvalue weighted by Gasteiger charge is 2.05. The van der Waals surface area contributed by atoms with Crippen molar-refractivity contribution in [1.29, 1.82) is 0 Å². The van der Waals surface area contributed by atoms with Gasteiger partial charge in [-0.3, -0.25) is 0 Å². The van der Waals surface area contributed by atoms with Gasteiger partial charge in [0.1, 0.15) is 0 Å². The summed E-state index contributed by atoms with van der Waals surface area (Å²) in [4.78, 5) is 0.581. The molecule has 5 heteroatoms. The highest BCUT2D eigenvalue weighted by Crippen LogP contribution is 2.26. The van der Waals surface area contributed by atoms with Crippen LogP contribution in [0.1, 0.15) is 12.6 Å². The zero-order valence-electron chi connectivity index (χ0n) is 10.6. The third-order valence-electron chi connectivity index (χ3n) is 2.82. The fourth-order valence-electron chi connectivity index (χ4n) is 1.87. The van der Waals surface area contributed by atoms with E-state index >= 15 is 0 Å². The SMILES string of the molecule is CCn1cccc1CNc1ccc(SC(F)F)cc1. The Labute approximate surface area is 115 Å². The van der Waals surface area contributed by atoms with E-state index in [-0.39, 0.29) is 0 Å². The molecule has 0 fully saturated rings. The van der Waals surface area contributed by atoms with Gasteiger partial charge in [0.2, 0.25) is 0 Å². The Morgan fingerprint density at radius 3 is 2.58 bits per heavy atom. The Morgan fingerprint density at radius 2 is 1.95 bits per heavy atom. The highest BCUT2D eigenvalue weighted by atomic mass is 32.2.